The summed E-state index contributed by atoms with van der Waals surface area (Å²) >= 11 is 0. The van der Waals surface area contributed by atoms with Crippen molar-refractivity contribution in [2.75, 3.05) is 12.4 Å². The van der Waals surface area contributed by atoms with Gasteiger partial charge in [-0.25, -0.2) is 4.39 Å². The number of anilines is 1. The lowest BCUT2D eigenvalue weighted by Crippen LogP contribution is -2.30. The van der Waals surface area contributed by atoms with Crippen molar-refractivity contribution < 1.29 is 18.7 Å². The number of carbonyl (C=O) groups is 2. The summed E-state index contributed by atoms with van der Waals surface area (Å²) in [5.41, 5.74) is 0.980. The molecule has 0 aliphatic heterocycles. The summed E-state index contributed by atoms with van der Waals surface area (Å²) < 4.78 is 19.2. The Bertz CT molecular complexity index is 1030. The van der Waals surface area contributed by atoms with Gasteiger partial charge < -0.3 is 15.4 Å². The molecule has 0 atom stereocenters. The van der Waals surface area contributed by atoms with E-state index in [2.05, 4.69) is 10.6 Å². The third-order valence-corrected chi connectivity index (χ3v) is 4.08. The summed E-state index contributed by atoms with van der Waals surface area (Å²) in [5.74, 6) is -0.917. The van der Waals surface area contributed by atoms with Crippen molar-refractivity contribution >= 4 is 23.6 Å². The van der Waals surface area contributed by atoms with Gasteiger partial charge in [0.2, 0.25) is 0 Å². The normalized spacial score (nSPS) is 10.9. The highest BCUT2D eigenvalue weighted by Gasteiger charge is 2.16. The van der Waals surface area contributed by atoms with E-state index >= 15 is 0 Å². The van der Waals surface area contributed by atoms with E-state index in [0.717, 1.165) is 0 Å². The molecule has 3 aromatic rings. The Hall–Kier alpha value is -3.93. The van der Waals surface area contributed by atoms with Crippen molar-refractivity contribution in [1.82, 2.24) is 5.32 Å². The minimum atomic E-state index is -0.581. The molecule has 3 aromatic carbocycles. The van der Waals surface area contributed by atoms with Gasteiger partial charge in [-0.2, -0.15) is 0 Å². The van der Waals surface area contributed by atoms with Crippen molar-refractivity contribution in [3.63, 3.8) is 0 Å². The summed E-state index contributed by atoms with van der Waals surface area (Å²) in [4.78, 5) is 25.3. The van der Waals surface area contributed by atoms with Crippen LogP contribution in [0.3, 0.4) is 0 Å². The molecule has 0 fully saturated rings. The molecule has 0 aliphatic rings. The highest BCUT2D eigenvalue weighted by Crippen LogP contribution is 2.17. The van der Waals surface area contributed by atoms with Crippen molar-refractivity contribution in [3.8, 4) is 5.75 Å². The maximum atomic E-state index is 14.1. The van der Waals surface area contributed by atoms with Crippen LogP contribution in [0.4, 0.5) is 10.1 Å². The third-order valence-electron chi connectivity index (χ3n) is 4.08. The lowest BCUT2D eigenvalue weighted by atomic mass is 10.1. The van der Waals surface area contributed by atoms with Crippen LogP contribution in [0.25, 0.3) is 6.08 Å². The Balaban J connectivity index is 1.88. The Morgan fingerprint density at radius 1 is 0.897 bits per heavy atom. The number of hydrogen-bond acceptors (Lipinski definition) is 3. The number of nitrogens with one attached hydrogen (secondary N) is 2. The minimum absolute atomic E-state index is 0.0835. The largest absolute Gasteiger partial charge is 0.497 e. The maximum Gasteiger partial charge on any atom is 0.272 e. The fourth-order valence-corrected chi connectivity index (χ4v) is 2.56. The molecule has 3 rings (SSSR count). The van der Waals surface area contributed by atoms with E-state index in [1.165, 1.54) is 18.2 Å². The number of methoxy groups -OCH3 is 1. The van der Waals surface area contributed by atoms with Crippen molar-refractivity contribution in [2.24, 2.45) is 0 Å². The lowest BCUT2D eigenvalue weighted by Gasteiger charge is -2.12. The molecule has 6 heteroatoms. The van der Waals surface area contributed by atoms with Crippen LogP contribution in [0, 0.1) is 5.82 Å². The number of amides is 2. The highest BCUT2D eigenvalue weighted by molar-refractivity contribution is 6.10. The zero-order chi connectivity index (χ0) is 20.6. The number of benzene rings is 3. The first-order chi connectivity index (χ1) is 14.1. The van der Waals surface area contributed by atoms with Crippen LogP contribution in [0.1, 0.15) is 15.9 Å². The Labute approximate surface area is 167 Å². The first kappa shape index (κ1) is 19.8. The van der Waals surface area contributed by atoms with E-state index in [1.54, 1.807) is 73.8 Å². The van der Waals surface area contributed by atoms with Crippen LogP contribution in [0.5, 0.6) is 5.75 Å². The molecule has 0 unspecified atom stereocenters. The van der Waals surface area contributed by atoms with Crippen molar-refractivity contribution in [3.05, 3.63) is 102 Å². The molecule has 2 amide bonds. The van der Waals surface area contributed by atoms with Gasteiger partial charge in [0.05, 0.1) is 7.11 Å². The smallest absolute Gasteiger partial charge is 0.272 e. The molecule has 0 saturated carbocycles. The first-order valence-corrected chi connectivity index (χ1v) is 8.85. The van der Waals surface area contributed by atoms with Gasteiger partial charge in [-0.15, -0.1) is 0 Å². The molecule has 2 N–H and O–H groups in total. The van der Waals surface area contributed by atoms with E-state index in [-0.39, 0.29) is 11.3 Å². The van der Waals surface area contributed by atoms with Crippen LogP contribution in [-0.4, -0.2) is 18.9 Å². The molecular formula is C23H19FN2O3. The van der Waals surface area contributed by atoms with Crippen LogP contribution < -0.4 is 15.4 Å². The number of halogens is 1. The summed E-state index contributed by atoms with van der Waals surface area (Å²) in [6.45, 7) is 0. The molecule has 0 heterocycles. The molecule has 146 valence electrons. The Kier molecular flexibility index (Phi) is 6.37. The van der Waals surface area contributed by atoms with Gasteiger partial charge >= 0.3 is 0 Å². The second kappa shape index (κ2) is 9.32. The summed E-state index contributed by atoms with van der Waals surface area (Å²) in [5, 5.41) is 5.26. The second-order valence-electron chi connectivity index (χ2n) is 6.08. The molecule has 0 spiro atoms. The van der Waals surface area contributed by atoms with Gasteiger partial charge in [-0.1, -0.05) is 36.4 Å². The average Bonchev–Trinajstić information content (AvgIpc) is 2.75. The molecule has 0 radical (unpaired) electrons. The van der Waals surface area contributed by atoms with Crippen LogP contribution in [0.2, 0.25) is 0 Å². The molecule has 0 saturated heterocycles. The van der Waals surface area contributed by atoms with Gasteiger partial charge in [0, 0.05) is 16.8 Å². The highest BCUT2D eigenvalue weighted by atomic mass is 19.1. The second-order valence-corrected chi connectivity index (χ2v) is 6.08. The average molecular weight is 390 g/mol. The topological polar surface area (TPSA) is 67.4 Å². The van der Waals surface area contributed by atoms with Gasteiger partial charge in [0.25, 0.3) is 11.8 Å². The lowest BCUT2D eigenvalue weighted by molar-refractivity contribution is -0.113. The quantitative estimate of drug-likeness (QED) is 0.619. The zero-order valence-electron chi connectivity index (χ0n) is 15.7. The van der Waals surface area contributed by atoms with Gasteiger partial charge in [0.1, 0.15) is 17.3 Å². The Morgan fingerprint density at radius 2 is 1.55 bits per heavy atom. The molecule has 5 nitrogen and oxygen atoms in total. The standard InChI is InChI=1S/C23H19FN2O3/c1-29-19-13-11-18(12-14-19)25-23(28)21(15-17-9-5-6-10-20(17)24)26-22(27)16-7-3-2-4-8-16/h2-15H,1H3,(H,25,28)(H,26,27)/b21-15-. The molecule has 29 heavy (non-hydrogen) atoms. The molecule has 0 bridgehead atoms. The van der Waals surface area contributed by atoms with E-state index in [9.17, 15) is 14.0 Å². The summed E-state index contributed by atoms with van der Waals surface area (Å²) in [6, 6.07) is 21.2. The zero-order valence-corrected chi connectivity index (χ0v) is 15.7. The third kappa shape index (κ3) is 5.29. The molecule has 0 aliphatic carbocycles. The number of ether oxygens (including phenoxy) is 1. The summed E-state index contributed by atoms with van der Waals surface area (Å²) in [6.07, 6.45) is 1.30. The van der Waals surface area contributed by atoms with E-state index in [1.807, 2.05) is 0 Å². The first-order valence-electron chi connectivity index (χ1n) is 8.85. The van der Waals surface area contributed by atoms with Crippen LogP contribution >= 0.6 is 0 Å². The predicted molar refractivity (Wildman–Crippen MR) is 110 cm³/mol. The minimum Gasteiger partial charge on any atom is -0.497 e. The maximum absolute atomic E-state index is 14.1. The predicted octanol–water partition coefficient (Wildman–Crippen LogP) is 4.24. The van der Waals surface area contributed by atoms with E-state index in [4.69, 9.17) is 4.74 Å². The fraction of sp³-hybridized carbons (Fsp3) is 0.0435. The van der Waals surface area contributed by atoms with Crippen molar-refractivity contribution in [1.29, 1.82) is 0 Å². The van der Waals surface area contributed by atoms with E-state index in [0.29, 0.717) is 17.0 Å². The van der Waals surface area contributed by atoms with Crippen LogP contribution in [-0.2, 0) is 4.79 Å². The SMILES string of the molecule is COc1ccc(NC(=O)/C(=C/c2ccccc2F)NC(=O)c2ccccc2)cc1. The number of hydrogen-bond donors (Lipinski definition) is 2. The van der Waals surface area contributed by atoms with E-state index < -0.39 is 17.6 Å². The number of rotatable bonds is 6. The fourth-order valence-electron chi connectivity index (χ4n) is 2.56. The summed E-state index contributed by atoms with van der Waals surface area (Å²) in [7, 11) is 1.54. The Morgan fingerprint density at radius 3 is 2.21 bits per heavy atom. The molecule has 0 aromatic heterocycles. The van der Waals surface area contributed by atoms with Gasteiger partial charge in [-0.3, -0.25) is 9.59 Å². The van der Waals surface area contributed by atoms with Crippen LogP contribution in [0.15, 0.2) is 84.6 Å². The monoisotopic (exact) mass is 390 g/mol. The van der Waals surface area contributed by atoms with Crippen molar-refractivity contribution in [2.45, 2.75) is 0 Å². The van der Waals surface area contributed by atoms with Gasteiger partial charge in [0.15, 0.2) is 0 Å². The van der Waals surface area contributed by atoms with Gasteiger partial charge in [-0.05, 0) is 48.5 Å². The molecular weight excluding hydrogens is 371 g/mol. The number of carbonyl (C=O) groups excluding carboxylic acids is 2.